The maximum Gasteiger partial charge on any atom is 0.255 e. The summed E-state index contributed by atoms with van der Waals surface area (Å²) in [6.07, 6.45) is 8.13. The number of halogens is 1. The van der Waals surface area contributed by atoms with Crippen LogP contribution in [0.5, 0.6) is 0 Å². The first kappa shape index (κ1) is 13.5. The molecule has 98 valence electrons. The average molecular weight is 311 g/mol. The molecule has 1 amide bonds. The first-order chi connectivity index (χ1) is 8.66. The third-order valence-electron chi connectivity index (χ3n) is 3.58. The van der Waals surface area contributed by atoms with E-state index in [0.717, 1.165) is 11.1 Å². The molecule has 0 spiro atoms. The van der Waals surface area contributed by atoms with E-state index < -0.39 is 0 Å². The highest BCUT2D eigenvalue weighted by molar-refractivity contribution is 9.10. The number of carbonyl (C=O) groups excluding carboxylic acids is 1. The molecule has 0 aliphatic heterocycles. The number of hydrogen-bond donors (Lipinski definition) is 0. The van der Waals surface area contributed by atoms with Crippen LogP contribution in [0.1, 0.15) is 42.5 Å². The second-order valence-corrected chi connectivity index (χ2v) is 5.87. The quantitative estimate of drug-likeness (QED) is 0.801. The summed E-state index contributed by atoms with van der Waals surface area (Å²) in [6, 6.07) is 3.62. The molecule has 0 saturated heterocycles. The Balaban J connectivity index is 1.93. The highest BCUT2D eigenvalue weighted by Gasteiger charge is 2.19. The lowest BCUT2D eigenvalue weighted by molar-refractivity contribution is 0.0760. The van der Waals surface area contributed by atoms with Gasteiger partial charge in [-0.1, -0.05) is 19.3 Å². The van der Waals surface area contributed by atoms with Crippen molar-refractivity contribution < 1.29 is 4.79 Å². The molecular weight excluding hydrogens is 292 g/mol. The fourth-order valence-corrected chi connectivity index (χ4v) is 2.80. The number of carbonyl (C=O) groups is 1. The lowest BCUT2D eigenvalue weighted by Gasteiger charge is -2.27. The second-order valence-electron chi connectivity index (χ2n) is 5.06. The van der Waals surface area contributed by atoms with Crippen LogP contribution in [0.25, 0.3) is 0 Å². The summed E-state index contributed by atoms with van der Waals surface area (Å²) < 4.78 is 0.758. The molecule has 1 aliphatic rings. The van der Waals surface area contributed by atoms with Crippen molar-refractivity contribution in [1.29, 1.82) is 0 Å². The number of amides is 1. The lowest BCUT2D eigenvalue weighted by Crippen LogP contribution is -2.32. The van der Waals surface area contributed by atoms with Gasteiger partial charge in [-0.3, -0.25) is 4.79 Å². The summed E-state index contributed by atoms with van der Waals surface area (Å²) in [4.78, 5) is 18.1. The van der Waals surface area contributed by atoms with Crippen LogP contribution < -0.4 is 0 Å². The van der Waals surface area contributed by atoms with E-state index in [1.54, 1.807) is 6.20 Å². The Hall–Kier alpha value is -0.900. The van der Waals surface area contributed by atoms with Crippen molar-refractivity contribution in [3.05, 3.63) is 28.5 Å². The van der Waals surface area contributed by atoms with Crippen LogP contribution in [-0.2, 0) is 0 Å². The van der Waals surface area contributed by atoms with Gasteiger partial charge in [-0.05, 0) is 46.8 Å². The molecule has 0 atom stereocenters. The van der Waals surface area contributed by atoms with Crippen LogP contribution in [-0.4, -0.2) is 29.4 Å². The van der Waals surface area contributed by atoms with E-state index in [0.29, 0.717) is 11.5 Å². The SMILES string of the molecule is CN(CC1CCCCC1)C(=O)c1ccc(Br)nc1. The molecule has 1 aromatic heterocycles. The number of aromatic nitrogens is 1. The number of rotatable bonds is 3. The van der Waals surface area contributed by atoms with Gasteiger partial charge < -0.3 is 4.90 Å². The molecule has 1 heterocycles. The number of nitrogens with zero attached hydrogens (tertiary/aromatic N) is 2. The molecule has 3 nitrogen and oxygen atoms in total. The summed E-state index contributed by atoms with van der Waals surface area (Å²) in [6.45, 7) is 0.870. The Labute approximate surface area is 117 Å². The molecule has 1 saturated carbocycles. The highest BCUT2D eigenvalue weighted by Crippen LogP contribution is 2.24. The van der Waals surface area contributed by atoms with E-state index in [2.05, 4.69) is 20.9 Å². The van der Waals surface area contributed by atoms with Crippen LogP contribution in [0.2, 0.25) is 0 Å². The van der Waals surface area contributed by atoms with E-state index >= 15 is 0 Å². The van der Waals surface area contributed by atoms with Gasteiger partial charge in [-0.2, -0.15) is 0 Å². The van der Waals surface area contributed by atoms with Gasteiger partial charge in [0, 0.05) is 19.8 Å². The maximum absolute atomic E-state index is 12.2. The summed E-state index contributed by atoms with van der Waals surface area (Å²) >= 11 is 3.28. The zero-order valence-corrected chi connectivity index (χ0v) is 12.3. The molecule has 4 heteroatoms. The molecular formula is C14H19BrN2O. The van der Waals surface area contributed by atoms with Gasteiger partial charge >= 0.3 is 0 Å². The third-order valence-corrected chi connectivity index (χ3v) is 4.05. The Kier molecular flexibility index (Phi) is 4.75. The fourth-order valence-electron chi connectivity index (χ4n) is 2.56. The highest BCUT2D eigenvalue weighted by atomic mass is 79.9. The molecule has 18 heavy (non-hydrogen) atoms. The zero-order chi connectivity index (χ0) is 13.0. The molecule has 0 radical (unpaired) electrons. The van der Waals surface area contributed by atoms with Crippen LogP contribution in [0.3, 0.4) is 0 Å². The van der Waals surface area contributed by atoms with Crippen molar-refractivity contribution >= 4 is 21.8 Å². The molecule has 1 fully saturated rings. The van der Waals surface area contributed by atoms with Gasteiger partial charge in [0.1, 0.15) is 4.60 Å². The van der Waals surface area contributed by atoms with Crippen molar-refractivity contribution in [2.45, 2.75) is 32.1 Å². The minimum Gasteiger partial charge on any atom is -0.341 e. The smallest absolute Gasteiger partial charge is 0.255 e. The van der Waals surface area contributed by atoms with Gasteiger partial charge in [0.05, 0.1) is 5.56 Å². The van der Waals surface area contributed by atoms with Gasteiger partial charge in [0.2, 0.25) is 0 Å². The van der Waals surface area contributed by atoms with Gasteiger partial charge in [-0.25, -0.2) is 4.98 Å². The first-order valence-electron chi connectivity index (χ1n) is 6.54. The first-order valence-corrected chi connectivity index (χ1v) is 7.33. The Morgan fingerprint density at radius 2 is 2.11 bits per heavy atom. The van der Waals surface area contributed by atoms with Crippen LogP contribution >= 0.6 is 15.9 Å². The van der Waals surface area contributed by atoms with Gasteiger partial charge in [-0.15, -0.1) is 0 Å². The van der Waals surface area contributed by atoms with Crippen LogP contribution in [0.15, 0.2) is 22.9 Å². The minimum atomic E-state index is 0.0700. The number of hydrogen-bond acceptors (Lipinski definition) is 2. The minimum absolute atomic E-state index is 0.0700. The van der Waals surface area contributed by atoms with Crippen molar-refractivity contribution in [2.75, 3.05) is 13.6 Å². The molecule has 1 aromatic rings. The fraction of sp³-hybridized carbons (Fsp3) is 0.571. The topological polar surface area (TPSA) is 33.2 Å². The lowest BCUT2D eigenvalue weighted by atomic mass is 9.89. The Morgan fingerprint density at radius 1 is 1.39 bits per heavy atom. The molecule has 0 bridgehead atoms. The summed E-state index contributed by atoms with van der Waals surface area (Å²) in [5.74, 6) is 0.747. The van der Waals surface area contributed by atoms with Gasteiger partial charge in [0.15, 0.2) is 0 Å². The normalized spacial score (nSPS) is 16.6. The van der Waals surface area contributed by atoms with Gasteiger partial charge in [0.25, 0.3) is 5.91 Å². The zero-order valence-electron chi connectivity index (χ0n) is 10.7. The molecule has 0 aromatic carbocycles. The predicted octanol–water partition coefficient (Wildman–Crippen LogP) is 3.50. The average Bonchev–Trinajstić information content (AvgIpc) is 2.40. The Bertz CT molecular complexity index is 399. The standard InChI is InChI=1S/C14H19BrN2O/c1-17(10-11-5-3-2-4-6-11)14(18)12-7-8-13(15)16-9-12/h7-9,11H,2-6,10H2,1H3. The van der Waals surface area contributed by atoms with E-state index in [-0.39, 0.29) is 5.91 Å². The molecule has 0 N–H and O–H groups in total. The van der Waals surface area contributed by atoms with E-state index in [1.165, 1.54) is 32.1 Å². The number of pyridine rings is 1. The largest absolute Gasteiger partial charge is 0.341 e. The summed E-state index contributed by atoms with van der Waals surface area (Å²) in [5.41, 5.74) is 0.663. The molecule has 2 rings (SSSR count). The monoisotopic (exact) mass is 310 g/mol. The van der Waals surface area contributed by atoms with Crippen molar-refractivity contribution in [2.24, 2.45) is 5.92 Å². The van der Waals surface area contributed by atoms with E-state index in [4.69, 9.17) is 0 Å². The maximum atomic E-state index is 12.2. The van der Waals surface area contributed by atoms with E-state index in [9.17, 15) is 4.79 Å². The van der Waals surface area contributed by atoms with Crippen molar-refractivity contribution in [3.63, 3.8) is 0 Å². The van der Waals surface area contributed by atoms with Crippen molar-refractivity contribution in [1.82, 2.24) is 9.88 Å². The van der Waals surface area contributed by atoms with Crippen LogP contribution in [0, 0.1) is 5.92 Å². The summed E-state index contributed by atoms with van der Waals surface area (Å²) in [7, 11) is 1.89. The van der Waals surface area contributed by atoms with E-state index in [1.807, 2.05) is 24.1 Å². The van der Waals surface area contributed by atoms with Crippen molar-refractivity contribution in [3.8, 4) is 0 Å². The second kappa shape index (κ2) is 6.32. The summed E-state index contributed by atoms with van der Waals surface area (Å²) in [5, 5.41) is 0. The molecule has 0 unspecified atom stereocenters. The predicted molar refractivity (Wildman–Crippen MR) is 75.5 cm³/mol. The molecule has 1 aliphatic carbocycles. The van der Waals surface area contributed by atoms with Crippen LogP contribution in [0.4, 0.5) is 0 Å². The third kappa shape index (κ3) is 3.55. The Morgan fingerprint density at radius 3 is 2.72 bits per heavy atom.